The standard InChI is InChI=1S/C25H23N3O3.C3H8O.C2H2O4/c1-31-18-9-10-21-20(13-18)17(15-27-21)11-12-26-22-14-24(29)28(25(22)30)23-8-4-6-16-5-2-3-7-19(16)23;1-3(2)4;3-1(4)2(5)6/h2-10,13,15,22,26-27H,11-12,14H2,1H3;3-4H,1-2H3;(H,3,4)(H,5,6). The maximum atomic E-state index is 13.1. The fourth-order valence-electron chi connectivity index (χ4n) is 4.32. The molecule has 1 saturated heterocycles. The number of ether oxygens (including phenoxy) is 1. The zero-order valence-corrected chi connectivity index (χ0v) is 23.0. The van der Waals surface area contributed by atoms with Gasteiger partial charge in [0.05, 0.1) is 25.3 Å². The van der Waals surface area contributed by atoms with Gasteiger partial charge < -0.3 is 30.4 Å². The van der Waals surface area contributed by atoms with E-state index in [9.17, 15) is 9.59 Å². The lowest BCUT2D eigenvalue weighted by Crippen LogP contribution is -2.39. The molecule has 2 amide bonds. The number of aliphatic hydroxyl groups is 1. The number of hydrogen-bond acceptors (Lipinski definition) is 7. The van der Waals surface area contributed by atoms with E-state index in [0.29, 0.717) is 12.2 Å². The predicted octanol–water partition coefficient (Wildman–Crippen LogP) is 3.34. The average Bonchev–Trinajstić information content (AvgIpc) is 3.47. The van der Waals surface area contributed by atoms with Crippen LogP contribution in [0.3, 0.4) is 0 Å². The van der Waals surface area contributed by atoms with Crippen LogP contribution in [-0.4, -0.2) is 69.9 Å². The van der Waals surface area contributed by atoms with Gasteiger partial charge in [-0.3, -0.25) is 9.59 Å². The molecule has 1 fully saturated rings. The summed E-state index contributed by atoms with van der Waals surface area (Å²) in [7, 11) is 1.65. The van der Waals surface area contributed by atoms with Crippen molar-refractivity contribution in [3.05, 3.63) is 72.4 Å². The molecule has 5 N–H and O–H groups in total. The molecule has 0 spiro atoms. The number of nitrogens with zero attached hydrogens (tertiary/aromatic N) is 1. The van der Waals surface area contributed by atoms with Gasteiger partial charge in [-0.25, -0.2) is 14.5 Å². The number of imide groups is 1. The van der Waals surface area contributed by atoms with Crippen LogP contribution in [0.1, 0.15) is 25.8 Å². The molecule has 1 aliphatic rings. The van der Waals surface area contributed by atoms with Crippen molar-refractivity contribution in [1.29, 1.82) is 0 Å². The van der Waals surface area contributed by atoms with Crippen molar-refractivity contribution in [2.24, 2.45) is 0 Å². The number of carboxylic acids is 2. The lowest BCUT2D eigenvalue weighted by molar-refractivity contribution is -0.159. The first-order valence-corrected chi connectivity index (χ1v) is 12.9. The number of rotatable bonds is 6. The van der Waals surface area contributed by atoms with Crippen LogP contribution >= 0.6 is 0 Å². The van der Waals surface area contributed by atoms with E-state index in [1.165, 1.54) is 4.90 Å². The Hall–Kier alpha value is -4.74. The summed E-state index contributed by atoms with van der Waals surface area (Å²) in [6, 6.07) is 18.9. The Morgan fingerprint density at radius 1 is 1.02 bits per heavy atom. The predicted molar refractivity (Wildman–Crippen MR) is 154 cm³/mol. The number of methoxy groups -OCH3 is 1. The third kappa shape index (κ3) is 7.90. The second-order valence-corrected chi connectivity index (χ2v) is 9.46. The van der Waals surface area contributed by atoms with Crippen LogP contribution in [0.2, 0.25) is 0 Å². The molecular formula is C30H33N3O8. The summed E-state index contributed by atoms with van der Waals surface area (Å²) in [5.74, 6) is -3.20. The van der Waals surface area contributed by atoms with Gasteiger partial charge in [0.15, 0.2) is 0 Å². The summed E-state index contributed by atoms with van der Waals surface area (Å²) >= 11 is 0. The zero-order valence-electron chi connectivity index (χ0n) is 23.0. The average molecular weight is 564 g/mol. The first kappa shape index (κ1) is 30.8. The number of aliphatic hydroxyl groups excluding tert-OH is 1. The van der Waals surface area contributed by atoms with E-state index in [4.69, 9.17) is 29.6 Å². The first-order valence-electron chi connectivity index (χ1n) is 12.9. The number of nitrogens with one attached hydrogen (secondary N) is 2. The molecule has 0 saturated carbocycles. The fraction of sp³-hybridized carbons (Fsp3) is 0.267. The van der Waals surface area contributed by atoms with Gasteiger partial charge in [0.25, 0.3) is 5.91 Å². The highest BCUT2D eigenvalue weighted by atomic mass is 16.5. The van der Waals surface area contributed by atoms with Crippen molar-refractivity contribution in [1.82, 2.24) is 10.3 Å². The summed E-state index contributed by atoms with van der Waals surface area (Å²) in [6.07, 6.45) is 2.72. The smallest absolute Gasteiger partial charge is 0.414 e. The van der Waals surface area contributed by atoms with E-state index in [-0.39, 0.29) is 24.3 Å². The highest BCUT2D eigenvalue weighted by Crippen LogP contribution is 2.31. The van der Waals surface area contributed by atoms with Crippen LogP contribution in [0, 0.1) is 0 Å². The quantitative estimate of drug-likeness (QED) is 0.174. The highest BCUT2D eigenvalue weighted by molar-refractivity contribution is 6.27. The number of amides is 2. The summed E-state index contributed by atoms with van der Waals surface area (Å²) in [4.78, 5) is 48.6. The van der Waals surface area contributed by atoms with Gasteiger partial charge in [-0.05, 0) is 55.5 Å². The summed E-state index contributed by atoms with van der Waals surface area (Å²) < 4.78 is 5.33. The van der Waals surface area contributed by atoms with Crippen LogP contribution in [0.5, 0.6) is 5.75 Å². The SMILES string of the molecule is CC(C)O.COc1ccc2[nH]cc(CCNC3CC(=O)N(c4cccc5ccccc45)C3=O)c2c1.O=C(O)C(=O)O. The summed E-state index contributed by atoms with van der Waals surface area (Å²) in [6.45, 7) is 4.04. The molecule has 216 valence electrons. The molecule has 1 aliphatic heterocycles. The molecule has 11 heteroatoms. The van der Waals surface area contributed by atoms with E-state index < -0.39 is 18.0 Å². The van der Waals surface area contributed by atoms with Gasteiger partial charge in [-0.1, -0.05) is 36.4 Å². The minimum Gasteiger partial charge on any atom is -0.497 e. The minimum atomic E-state index is -1.82. The van der Waals surface area contributed by atoms with Gasteiger partial charge in [0.1, 0.15) is 5.75 Å². The van der Waals surface area contributed by atoms with E-state index >= 15 is 0 Å². The minimum absolute atomic E-state index is 0.167. The Labute approximate surface area is 236 Å². The Bertz CT molecular complexity index is 1530. The maximum Gasteiger partial charge on any atom is 0.414 e. The monoisotopic (exact) mass is 563 g/mol. The molecule has 11 nitrogen and oxygen atoms in total. The number of H-pyrrole nitrogens is 1. The van der Waals surface area contributed by atoms with Crippen molar-refractivity contribution in [2.75, 3.05) is 18.6 Å². The molecule has 3 aromatic carbocycles. The molecule has 0 radical (unpaired) electrons. The van der Waals surface area contributed by atoms with Gasteiger partial charge in [0.2, 0.25) is 5.91 Å². The second kappa shape index (κ2) is 14.1. The maximum absolute atomic E-state index is 13.1. The molecule has 4 aromatic rings. The van der Waals surface area contributed by atoms with E-state index in [0.717, 1.165) is 39.4 Å². The number of carbonyl (C=O) groups excluding carboxylic acids is 2. The van der Waals surface area contributed by atoms with Gasteiger partial charge >= 0.3 is 11.9 Å². The number of anilines is 1. The van der Waals surface area contributed by atoms with Gasteiger partial charge in [-0.2, -0.15) is 0 Å². The molecular weight excluding hydrogens is 530 g/mol. The number of aliphatic carboxylic acids is 2. The van der Waals surface area contributed by atoms with Crippen molar-refractivity contribution in [3.8, 4) is 5.75 Å². The summed E-state index contributed by atoms with van der Waals surface area (Å²) in [5.41, 5.74) is 2.84. The summed E-state index contributed by atoms with van der Waals surface area (Å²) in [5, 5.41) is 29.1. The van der Waals surface area contributed by atoms with Crippen LogP contribution < -0.4 is 15.0 Å². The van der Waals surface area contributed by atoms with Gasteiger partial charge in [-0.15, -0.1) is 0 Å². The van der Waals surface area contributed by atoms with Gasteiger partial charge in [0, 0.05) is 35.1 Å². The lowest BCUT2D eigenvalue weighted by Gasteiger charge is -2.17. The molecule has 5 rings (SSSR count). The topological polar surface area (TPSA) is 169 Å². The van der Waals surface area contributed by atoms with Crippen LogP contribution in [-0.2, 0) is 25.6 Å². The Morgan fingerprint density at radius 3 is 2.34 bits per heavy atom. The molecule has 1 aromatic heterocycles. The first-order chi connectivity index (χ1) is 19.5. The van der Waals surface area contributed by atoms with E-state index in [1.807, 2.05) is 66.9 Å². The number of benzene rings is 3. The number of hydrogen-bond donors (Lipinski definition) is 5. The number of carboxylic acid groups (broad SMARTS) is 2. The molecule has 0 aliphatic carbocycles. The number of carbonyl (C=O) groups is 4. The van der Waals surface area contributed by atoms with Crippen molar-refractivity contribution >= 4 is 51.1 Å². The normalized spacial score (nSPS) is 14.5. The number of aromatic amines is 1. The lowest BCUT2D eigenvalue weighted by atomic mass is 10.1. The molecule has 41 heavy (non-hydrogen) atoms. The van der Waals surface area contributed by atoms with Crippen molar-refractivity contribution in [3.63, 3.8) is 0 Å². The Morgan fingerprint density at radius 2 is 1.68 bits per heavy atom. The van der Waals surface area contributed by atoms with Crippen LogP contribution in [0.25, 0.3) is 21.7 Å². The fourth-order valence-corrected chi connectivity index (χ4v) is 4.32. The van der Waals surface area contributed by atoms with E-state index in [2.05, 4.69) is 10.3 Å². The second-order valence-electron chi connectivity index (χ2n) is 9.46. The zero-order chi connectivity index (χ0) is 30.1. The van der Waals surface area contributed by atoms with Crippen molar-refractivity contribution < 1.29 is 39.2 Å². The third-order valence-corrected chi connectivity index (χ3v) is 6.10. The highest BCUT2D eigenvalue weighted by Gasteiger charge is 2.39. The molecule has 0 bridgehead atoms. The third-order valence-electron chi connectivity index (χ3n) is 6.10. The Balaban J connectivity index is 0.000000400. The number of aromatic nitrogens is 1. The van der Waals surface area contributed by atoms with Crippen LogP contribution in [0.15, 0.2) is 66.9 Å². The Kier molecular flexibility index (Phi) is 10.6. The molecule has 1 unspecified atom stereocenters. The van der Waals surface area contributed by atoms with Crippen molar-refractivity contribution in [2.45, 2.75) is 38.8 Å². The number of fused-ring (bicyclic) bond motifs is 2. The van der Waals surface area contributed by atoms with E-state index in [1.54, 1.807) is 21.0 Å². The molecule has 1 atom stereocenters. The van der Waals surface area contributed by atoms with Crippen LogP contribution in [0.4, 0.5) is 5.69 Å². The molecule has 2 heterocycles. The largest absolute Gasteiger partial charge is 0.497 e.